The fourth-order valence-corrected chi connectivity index (χ4v) is 9.39. The molecular weight excluding hydrogens is 382 g/mol. The fraction of sp³-hybridized carbons (Fsp3) is 0.750. The minimum absolute atomic E-state index is 0.149. The van der Waals surface area contributed by atoms with Crippen LogP contribution in [0.15, 0.2) is 23.1 Å². The molecule has 0 saturated carbocycles. The molecule has 156 valence electrons. The molecule has 0 nitrogen and oxygen atoms in total. The lowest BCUT2D eigenvalue weighted by Gasteiger charge is -2.23. The second kappa shape index (κ2) is 16.3. The molecule has 0 N–H and O–H groups in total. The summed E-state index contributed by atoms with van der Waals surface area (Å²) in [7, 11) is 0.310. The Kier molecular flexibility index (Phi) is 15.3. The second-order valence-corrected chi connectivity index (χ2v) is 13.5. The molecule has 0 aromatic heterocycles. The van der Waals surface area contributed by atoms with E-state index in [4.69, 9.17) is 0 Å². The topological polar surface area (TPSA) is 0 Å². The Hall–Kier alpha value is 0.430. The van der Waals surface area contributed by atoms with E-state index in [9.17, 15) is 0 Å². The molecule has 1 rings (SSSR count). The van der Waals surface area contributed by atoms with E-state index in [1.807, 2.05) is 0 Å². The first-order valence-electron chi connectivity index (χ1n) is 11.4. The van der Waals surface area contributed by atoms with Crippen LogP contribution >= 0.6 is 28.5 Å². The molecule has 27 heavy (non-hydrogen) atoms. The maximum absolute atomic E-state index is 4.68. The molecule has 0 atom stereocenters. The zero-order valence-corrected chi connectivity index (χ0v) is 21.2. The van der Waals surface area contributed by atoms with Crippen molar-refractivity contribution < 1.29 is 0 Å². The van der Waals surface area contributed by atoms with Crippen molar-refractivity contribution in [1.29, 1.82) is 0 Å². The standard InChI is InChI=1S/C24H44P2S/c1-5-9-15-25(16-10-6-2)20-22-13-14-24(27)19-23(22)21-26(17-11-7-3)18-12-8-4/h13-14,19,27H,5-12,15-18,20-21H2,1-4H3. The van der Waals surface area contributed by atoms with E-state index in [0.717, 1.165) is 4.90 Å². The van der Waals surface area contributed by atoms with Crippen molar-refractivity contribution in [2.75, 3.05) is 24.6 Å². The summed E-state index contributed by atoms with van der Waals surface area (Å²) >= 11 is 4.68. The Bertz CT molecular complexity index is 473. The summed E-state index contributed by atoms with van der Waals surface area (Å²) in [6, 6.07) is 7.05. The van der Waals surface area contributed by atoms with E-state index in [2.05, 4.69) is 58.5 Å². The summed E-state index contributed by atoms with van der Waals surface area (Å²) in [5, 5.41) is 0. The molecule has 3 heteroatoms. The lowest BCUT2D eigenvalue weighted by atomic mass is 10.1. The lowest BCUT2D eigenvalue weighted by Crippen LogP contribution is -2.01. The highest BCUT2D eigenvalue weighted by Gasteiger charge is 2.15. The molecule has 0 heterocycles. The predicted molar refractivity (Wildman–Crippen MR) is 134 cm³/mol. The van der Waals surface area contributed by atoms with Crippen molar-refractivity contribution in [1.82, 2.24) is 0 Å². The zero-order chi connectivity index (χ0) is 19.9. The molecule has 0 aliphatic rings. The average Bonchev–Trinajstić information content (AvgIpc) is 2.67. The molecule has 0 aliphatic heterocycles. The molecule has 0 fully saturated rings. The highest BCUT2D eigenvalue weighted by molar-refractivity contribution is 7.80. The minimum atomic E-state index is 0.149. The molecule has 1 aromatic rings. The molecule has 0 bridgehead atoms. The SMILES string of the molecule is CCCCP(CCCC)Cc1ccc(S)cc1CP(CCCC)CCCC. The van der Waals surface area contributed by atoms with Crippen molar-refractivity contribution in [3.63, 3.8) is 0 Å². The molecule has 0 amide bonds. The van der Waals surface area contributed by atoms with Gasteiger partial charge in [-0.1, -0.05) is 59.4 Å². The highest BCUT2D eigenvalue weighted by Crippen LogP contribution is 2.46. The van der Waals surface area contributed by atoms with E-state index in [0.29, 0.717) is 0 Å². The molecule has 0 unspecified atom stereocenters. The number of unbranched alkanes of at least 4 members (excludes halogenated alkanes) is 4. The summed E-state index contributed by atoms with van der Waals surface area (Å²) in [6.07, 6.45) is 19.5. The number of hydrogen-bond donors (Lipinski definition) is 1. The molecule has 0 aliphatic carbocycles. The van der Waals surface area contributed by atoms with Gasteiger partial charge >= 0.3 is 0 Å². The van der Waals surface area contributed by atoms with Crippen LogP contribution in [-0.2, 0) is 12.3 Å². The molecule has 0 saturated heterocycles. The van der Waals surface area contributed by atoms with Gasteiger partial charge < -0.3 is 0 Å². The van der Waals surface area contributed by atoms with Gasteiger partial charge in [-0.25, -0.2) is 0 Å². The van der Waals surface area contributed by atoms with Crippen LogP contribution < -0.4 is 0 Å². The average molecular weight is 427 g/mol. The van der Waals surface area contributed by atoms with Gasteiger partial charge in [0.25, 0.3) is 0 Å². The Morgan fingerprint density at radius 3 is 1.44 bits per heavy atom. The number of rotatable bonds is 16. The molecule has 0 spiro atoms. The largest absolute Gasteiger partial charge is 0.143 e. The number of benzene rings is 1. The maximum atomic E-state index is 4.68. The van der Waals surface area contributed by atoms with E-state index in [1.165, 1.54) is 88.3 Å². The predicted octanol–water partition coefficient (Wildman–Crippen LogP) is 9.14. The summed E-state index contributed by atoms with van der Waals surface area (Å²) in [5.41, 5.74) is 3.30. The van der Waals surface area contributed by atoms with Gasteiger partial charge in [-0.3, -0.25) is 0 Å². The minimum Gasteiger partial charge on any atom is -0.143 e. The monoisotopic (exact) mass is 426 g/mol. The third kappa shape index (κ3) is 11.3. The van der Waals surface area contributed by atoms with Gasteiger partial charge in [0.05, 0.1) is 0 Å². The van der Waals surface area contributed by atoms with Crippen molar-refractivity contribution in [3.8, 4) is 0 Å². The first-order valence-corrected chi connectivity index (χ1v) is 15.6. The van der Waals surface area contributed by atoms with Gasteiger partial charge in [-0.05, 0) is 85.9 Å². The first-order chi connectivity index (χ1) is 13.1. The van der Waals surface area contributed by atoms with Crippen LogP contribution in [0.3, 0.4) is 0 Å². The normalized spacial score (nSPS) is 11.7. The number of thiol groups is 1. The van der Waals surface area contributed by atoms with Crippen LogP contribution in [0.2, 0.25) is 0 Å². The van der Waals surface area contributed by atoms with Crippen molar-refractivity contribution in [2.45, 2.75) is 96.3 Å². The first kappa shape index (κ1) is 25.5. The van der Waals surface area contributed by atoms with Crippen LogP contribution in [0.1, 0.15) is 90.2 Å². The number of hydrogen-bond acceptors (Lipinski definition) is 1. The molecule has 0 radical (unpaired) electrons. The molecular formula is C24H44P2S. The smallest absolute Gasteiger partial charge is 0.00430 e. The summed E-state index contributed by atoms with van der Waals surface area (Å²) in [5.74, 6) is 0. The third-order valence-electron chi connectivity index (χ3n) is 5.29. The summed E-state index contributed by atoms with van der Waals surface area (Å²) in [6.45, 7) is 9.34. The summed E-state index contributed by atoms with van der Waals surface area (Å²) in [4.78, 5) is 1.15. The van der Waals surface area contributed by atoms with Crippen molar-refractivity contribution >= 4 is 28.5 Å². The maximum Gasteiger partial charge on any atom is 0.00430 e. The quantitative estimate of drug-likeness (QED) is 0.198. The molecule has 1 aromatic carbocycles. The van der Waals surface area contributed by atoms with Gasteiger partial charge in [0.1, 0.15) is 0 Å². The van der Waals surface area contributed by atoms with E-state index >= 15 is 0 Å². The fourth-order valence-electron chi connectivity index (χ4n) is 3.46. The van der Waals surface area contributed by atoms with Crippen LogP contribution in [0.25, 0.3) is 0 Å². The van der Waals surface area contributed by atoms with Gasteiger partial charge in [0.2, 0.25) is 0 Å². The van der Waals surface area contributed by atoms with E-state index < -0.39 is 0 Å². The Balaban J connectivity index is 2.89. The summed E-state index contributed by atoms with van der Waals surface area (Å²) < 4.78 is 0. The zero-order valence-electron chi connectivity index (χ0n) is 18.5. The third-order valence-corrected chi connectivity index (χ3v) is 10.9. The second-order valence-electron chi connectivity index (χ2n) is 7.92. The van der Waals surface area contributed by atoms with Gasteiger partial charge in [0.15, 0.2) is 0 Å². The Morgan fingerprint density at radius 1 is 0.630 bits per heavy atom. The highest BCUT2D eigenvalue weighted by atomic mass is 32.1. The van der Waals surface area contributed by atoms with E-state index in [-0.39, 0.29) is 15.8 Å². The Morgan fingerprint density at radius 2 is 1.04 bits per heavy atom. The van der Waals surface area contributed by atoms with Crippen LogP contribution in [0.5, 0.6) is 0 Å². The van der Waals surface area contributed by atoms with Crippen molar-refractivity contribution in [3.05, 3.63) is 29.3 Å². The van der Waals surface area contributed by atoms with Gasteiger partial charge in [0, 0.05) is 4.90 Å². The lowest BCUT2D eigenvalue weighted by molar-refractivity contribution is 0.863. The van der Waals surface area contributed by atoms with Crippen LogP contribution in [0.4, 0.5) is 0 Å². The van der Waals surface area contributed by atoms with Gasteiger partial charge in [-0.2, -0.15) is 0 Å². The Labute approximate surface area is 178 Å². The van der Waals surface area contributed by atoms with Crippen molar-refractivity contribution in [2.24, 2.45) is 0 Å². The van der Waals surface area contributed by atoms with Crippen LogP contribution in [0, 0.1) is 0 Å². The van der Waals surface area contributed by atoms with Crippen LogP contribution in [-0.4, -0.2) is 24.6 Å². The van der Waals surface area contributed by atoms with E-state index in [1.54, 1.807) is 11.1 Å². The van der Waals surface area contributed by atoms with Gasteiger partial charge in [-0.15, -0.1) is 28.5 Å².